The predicted molar refractivity (Wildman–Crippen MR) is 112 cm³/mol. The van der Waals surface area contributed by atoms with Crippen LogP contribution >= 0.6 is 0 Å². The molecule has 6 N–H and O–H groups in total. The van der Waals surface area contributed by atoms with Crippen molar-refractivity contribution >= 4 is 23.6 Å². The number of hydrogen-bond acceptors (Lipinski definition) is 9. The van der Waals surface area contributed by atoms with Gasteiger partial charge in [-0.25, -0.2) is 9.79 Å². The molecule has 4 aliphatic rings. The molecule has 31 heavy (non-hydrogen) atoms. The average Bonchev–Trinajstić information content (AvgIpc) is 3.26. The molecule has 11 nitrogen and oxygen atoms in total. The van der Waals surface area contributed by atoms with Crippen LogP contribution in [0.3, 0.4) is 0 Å². The van der Waals surface area contributed by atoms with Gasteiger partial charge in [0.1, 0.15) is 6.54 Å². The van der Waals surface area contributed by atoms with E-state index in [0.29, 0.717) is 12.2 Å². The number of nitrogens with one attached hydrogen (secondary N) is 2. The number of nitrogens with zero attached hydrogens (tertiary/aromatic N) is 4. The number of imide groups is 1. The van der Waals surface area contributed by atoms with Crippen LogP contribution in [0.25, 0.3) is 0 Å². The van der Waals surface area contributed by atoms with Crippen LogP contribution in [0.2, 0.25) is 0 Å². The zero-order valence-corrected chi connectivity index (χ0v) is 17.4. The number of aliphatic hydroxyl groups is 2. The Morgan fingerprint density at radius 3 is 2.65 bits per heavy atom. The number of amides is 3. The van der Waals surface area contributed by atoms with Gasteiger partial charge in [-0.15, -0.1) is 0 Å². The van der Waals surface area contributed by atoms with Gasteiger partial charge in [0.2, 0.25) is 5.79 Å². The van der Waals surface area contributed by atoms with Crippen molar-refractivity contribution in [2.24, 2.45) is 10.7 Å². The highest BCUT2D eigenvalue weighted by molar-refractivity contribution is 6.12. The molecule has 2 unspecified atom stereocenters. The molecule has 3 saturated heterocycles. The first-order valence-electron chi connectivity index (χ1n) is 10.4. The number of hydrogen-bond donors (Lipinski definition) is 5. The molecular formula is C20H27N7O4. The summed E-state index contributed by atoms with van der Waals surface area (Å²) >= 11 is 0. The molecule has 5 rings (SSSR count). The van der Waals surface area contributed by atoms with Crippen LogP contribution in [0.4, 0.5) is 10.5 Å². The summed E-state index contributed by atoms with van der Waals surface area (Å²) in [7, 11) is 0. The minimum atomic E-state index is -2.08. The van der Waals surface area contributed by atoms with Gasteiger partial charge in [0.15, 0.2) is 11.6 Å². The number of aliphatic imine (C=N–C) groups is 1. The van der Waals surface area contributed by atoms with Gasteiger partial charge in [-0.05, 0) is 26.0 Å². The Kier molecular flexibility index (Phi) is 4.16. The van der Waals surface area contributed by atoms with Crippen molar-refractivity contribution in [2.75, 3.05) is 24.5 Å². The van der Waals surface area contributed by atoms with E-state index >= 15 is 0 Å². The molecule has 11 heteroatoms. The summed E-state index contributed by atoms with van der Waals surface area (Å²) in [6.07, 6.45) is 0.0839. The Balaban J connectivity index is 1.47. The highest BCUT2D eigenvalue weighted by Crippen LogP contribution is 2.45. The number of benzene rings is 1. The molecule has 1 spiro atoms. The molecule has 3 fully saturated rings. The lowest BCUT2D eigenvalue weighted by Gasteiger charge is -2.49. The third-order valence-corrected chi connectivity index (χ3v) is 6.64. The molecule has 0 radical (unpaired) electrons. The highest BCUT2D eigenvalue weighted by Gasteiger charge is 2.71. The van der Waals surface area contributed by atoms with E-state index in [1.807, 2.05) is 19.9 Å². The normalized spacial score (nSPS) is 33.5. The molecular weight excluding hydrogens is 402 g/mol. The highest BCUT2D eigenvalue weighted by atomic mass is 16.5. The molecule has 0 saturated carbocycles. The van der Waals surface area contributed by atoms with Gasteiger partial charge in [-0.1, -0.05) is 18.2 Å². The monoisotopic (exact) mass is 429 g/mol. The summed E-state index contributed by atoms with van der Waals surface area (Å²) in [5, 5.41) is 28.5. The summed E-state index contributed by atoms with van der Waals surface area (Å²) in [6.45, 7) is 3.99. The number of guanidine groups is 1. The summed E-state index contributed by atoms with van der Waals surface area (Å²) in [4.78, 5) is 34.6. The minimum absolute atomic E-state index is 0.0250. The number of urea groups is 1. The second kappa shape index (κ2) is 6.39. The molecule has 3 atom stereocenters. The number of anilines is 1. The molecule has 0 bridgehead atoms. The zero-order chi connectivity index (χ0) is 22.2. The largest absolute Gasteiger partial charge is 0.370 e. The molecule has 0 aliphatic carbocycles. The Bertz CT molecular complexity index is 966. The summed E-state index contributed by atoms with van der Waals surface area (Å²) in [6, 6.07) is 7.30. The summed E-state index contributed by atoms with van der Waals surface area (Å²) in [5.41, 5.74) is 4.88. The van der Waals surface area contributed by atoms with Crippen LogP contribution < -0.4 is 21.3 Å². The standard InChI is InChI=1S/C20H27N7O4/c1-18(2)23-15-13(22-16(21)27-9-8-19(30,31)20(15,27)24-18)10-26-14(28)11-25(17(26)29)12-6-4-3-5-7-12/h3-7,13,15,23-24,30-31H,8-11H2,1-2H3,(H2,21,22)/t13-,15?,20?/m0/s1. The van der Waals surface area contributed by atoms with Crippen molar-refractivity contribution in [3.8, 4) is 0 Å². The van der Waals surface area contributed by atoms with Crippen molar-refractivity contribution in [2.45, 2.75) is 49.5 Å². The third kappa shape index (κ3) is 2.77. The minimum Gasteiger partial charge on any atom is -0.370 e. The number of nitrogens with two attached hydrogens (primary N) is 1. The lowest BCUT2D eigenvalue weighted by Crippen LogP contribution is -2.77. The lowest BCUT2D eigenvalue weighted by molar-refractivity contribution is -0.224. The second-order valence-corrected chi connectivity index (χ2v) is 9.12. The number of carbonyl (C=O) groups is 2. The fraction of sp³-hybridized carbons (Fsp3) is 0.550. The SMILES string of the molecule is CC1(C)NC2[C@H](CN3C(=O)CN(c4ccccc4)C3=O)N=C(N)N3CCC(O)(O)C23N1. The van der Waals surface area contributed by atoms with Crippen LogP contribution in [-0.4, -0.2) is 86.7 Å². The van der Waals surface area contributed by atoms with E-state index in [0.717, 1.165) is 4.90 Å². The molecule has 166 valence electrons. The smallest absolute Gasteiger partial charge is 0.331 e. The molecule has 3 amide bonds. The fourth-order valence-electron chi connectivity index (χ4n) is 5.37. The van der Waals surface area contributed by atoms with E-state index in [1.54, 1.807) is 29.2 Å². The van der Waals surface area contributed by atoms with E-state index < -0.39 is 35.2 Å². The average molecular weight is 429 g/mol. The van der Waals surface area contributed by atoms with E-state index in [-0.39, 0.29) is 31.4 Å². The second-order valence-electron chi connectivity index (χ2n) is 9.12. The maximum Gasteiger partial charge on any atom is 0.331 e. The maximum atomic E-state index is 13.1. The van der Waals surface area contributed by atoms with Gasteiger partial charge >= 0.3 is 6.03 Å². The Morgan fingerprint density at radius 2 is 1.94 bits per heavy atom. The first-order valence-corrected chi connectivity index (χ1v) is 10.4. The summed E-state index contributed by atoms with van der Waals surface area (Å²) < 4.78 is 0. The topological polar surface area (TPSA) is 147 Å². The molecule has 4 aliphatic heterocycles. The van der Waals surface area contributed by atoms with E-state index in [2.05, 4.69) is 15.6 Å². The van der Waals surface area contributed by atoms with Crippen molar-refractivity contribution in [1.82, 2.24) is 20.4 Å². The van der Waals surface area contributed by atoms with Gasteiger partial charge in [0, 0.05) is 18.7 Å². The van der Waals surface area contributed by atoms with Crippen LogP contribution in [0.1, 0.15) is 20.3 Å². The van der Waals surface area contributed by atoms with Crippen LogP contribution in [0, 0.1) is 0 Å². The Hall–Kier alpha value is -2.73. The first kappa shape index (κ1) is 20.2. The van der Waals surface area contributed by atoms with Crippen molar-refractivity contribution < 1.29 is 19.8 Å². The quantitative estimate of drug-likeness (QED) is 0.289. The van der Waals surface area contributed by atoms with Crippen LogP contribution in [0.5, 0.6) is 0 Å². The maximum absolute atomic E-state index is 13.1. The zero-order valence-electron chi connectivity index (χ0n) is 17.4. The summed E-state index contributed by atoms with van der Waals surface area (Å²) in [5.74, 6) is -2.26. The Labute approximate surface area is 179 Å². The first-order chi connectivity index (χ1) is 14.6. The van der Waals surface area contributed by atoms with Gasteiger partial charge in [0.25, 0.3) is 5.91 Å². The molecule has 1 aromatic rings. The predicted octanol–water partition coefficient (Wildman–Crippen LogP) is -1.47. The molecule has 0 aromatic heterocycles. The van der Waals surface area contributed by atoms with Crippen molar-refractivity contribution in [1.29, 1.82) is 0 Å². The van der Waals surface area contributed by atoms with Crippen LogP contribution in [-0.2, 0) is 4.79 Å². The molecule has 4 heterocycles. The van der Waals surface area contributed by atoms with E-state index in [9.17, 15) is 19.8 Å². The third-order valence-electron chi connectivity index (χ3n) is 6.64. The van der Waals surface area contributed by atoms with Gasteiger partial charge in [-0.3, -0.25) is 25.2 Å². The lowest BCUT2D eigenvalue weighted by atomic mass is 9.86. The number of para-hydroxylation sites is 1. The Morgan fingerprint density at radius 1 is 1.23 bits per heavy atom. The number of rotatable bonds is 3. The van der Waals surface area contributed by atoms with Gasteiger partial charge in [-0.2, -0.15) is 0 Å². The van der Waals surface area contributed by atoms with Crippen molar-refractivity contribution in [3.63, 3.8) is 0 Å². The van der Waals surface area contributed by atoms with E-state index in [4.69, 9.17) is 5.73 Å². The van der Waals surface area contributed by atoms with E-state index in [1.165, 1.54) is 4.90 Å². The number of carbonyl (C=O) groups excluding carboxylic acids is 2. The molecule has 1 aromatic carbocycles. The van der Waals surface area contributed by atoms with Gasteiger partial charge < -0.3 is 20.8 Å². The fourth-order valence-corrected chi connectivity index (χ4v) is 5.37. The van der Waals surface area contributed by atoms with Crippen LogP contribution in [0.15, 0.2) is 35.3 Å². The van der Waals surface area contributed by atoms with Gasteiger partial charge in [0.05, 0.1) is 24.3 Å². The van der Waals surface area contributed by atoms with Crippen molar-refractivity contribution in [3.05, 3.63) is 30.3 Å².